The third kappa shape index (κ3) is 5.26. The van der Waals surface area contributed by atoms with Crippen molar-refractivity contribution in [3.05, 3.63) is 89.5 Å². The van der Waals surface area contributed by atoms with Gasteiger partial charge in [-0.25, -0.2) is 0 Å². The Morgan fingerprint density at radius 1 is 1.00 bits per heavy atom. The molecule has 3 N–H and O–H groups in total. The fourth-order valence-electron chi connectivity index (χ4n) is 2.92. The molecule has 6 nitrogen and oxygen atoms in total. The SMILES string of the molecule is COc1ccc(/C=C(/C(=O)Nc2cc(CC(=O)O)ccc2O)c2ccccc2)cc1. The Bertz CT molecular complexity index is 1070. The van der Waals surface area contributed by atoms with E-state index in [9.17, 15) is 14.7 Å². The van der Waals surface area contributed by atoms with Crippen LogP contribution in [0.25, 0.3) is 11.6 Å². The molecule has 6 heteroatoms. The minimum atomic E-state index is -0.998. The number of phenols is 1. The molecule has 0 spiro atoms. The van der Waals surface area contributed by atoms with Crippen molar-refractivity contribution in [3.8, 4) is 11.5 Å². The molecule has 0 aromatic heterocycles. The first-order chi connectivity index (χ1) is 14.5. The Kier molecular flexibility index (Phi) is 6.49. The van der Waals surface area contributed by atoms with E-state index in [0.717, 1.165) is 5.56 Å². The van der Waals surface area contributed by atoms with E-state index in [0.29, 0.717) is 22.4 Å². The van der Waals surface area contributed by atoms with Gasteiger partial charge in [-0.3, -0.25) is 9.59 Å². The average molecular weight is 403 g/mol. The van der Waals surface area contributed by atoms with Gasteiger partial charge in [0.15, 0.2) is 0 Å². The molecule has 0 unspecified atom stereocenters. The summed E-state index contributed by atoms with van der Waals surface area (Å²) in [6.07, 6.45) is 1.53. The number of aliphatic carboxylic acids is 1. The van der Waals surface area contributed by atoms with Crippen molar-refractivity contribution in [2.45, 2.75) is 6.42 Å². The Balaban J connectivity index is 1.95. The van der Waals surface area contributed by atoms with Crippen LogP contribution in [0.15, 0.2) is 72.8 Å². The summed E-state index contributed by atoms with van der Waals surface area (Å²) in [5.74, 6) is -0.866. The molecule has 0 radical (unpaired) electrons. The number of carbonyl (C=O) groups is 2. The number of hydrogen-bond donors (Lipinski definition) is 3. The molecule has 0 aliphatic rings. The van der Waals surface area contributed by atoms with Crippen LogP contribution in [0.1, 0.15) is 16.7 Å². The molecule has 0 saturated heterocycles. The molecule has 0 aliphatic heterocycles. The van der Waals surface area contributed by atoms with E-state index in [2.05, 4.69) is 5.32 Å². The standard InChI is InChI=1S/C24H21NO5/c1-30-19-10-7-16(8-11-19)13-20(18-5-3-2-4-6-18)24(29)25-21-14-17(15-23(27)28)9-12-22(21)26/h2-14,26H,15H2,1H3,(H,25,29)(H,27,28)/b20-13+. The van der Waals surface area contributed by atoms with Gasteiger partial charge in [0, 0.05) is 5.57 Å². The number of anilines is 1. The minimum absolute atomic E-state index is 0.144. The molecule has 30 heavy (non-hydrogen) atoms. The average Bonchev–Trinajstić information content (AvgIpc) is 2.75. The molecule has 3 aromatic rings. The molecule has 0 atom stereocenters. The van der Waals surface area contributed by atoms with E-state index >= 15 is 0 Å². The molecular formula is C24H21NO5. The molecule has 0 aliphatic carbocycles. The number of methoxy groups -OCH3 is 1. The second kappa shape index (κ2) is 9.43. The quantitative estimate of drug-likeness (QED) is 0.312. The Morgan fingerprint density at radius 2 is 1.70 bits per heavy atom. The first kappa shape index (κ1) is 20.7. The van der Waals surface area contributed by atoms with E-state index in [4.69, 9.17) is 9.84 Å². The van der Waals surface area contributed by atoms with Crippen LogP contribution in [0.5, 0.6) is 11.5 Å². The van der Waals surface area contributed by atoms with Crippen molar-refractivity contribution in [1.82, 2.24) is 0 Å². The van der Waals surface area contributed by atoms with Crippen LogP contribution in [0.4, 0.5) is 5.69 Å². The maximum atomic E-state index is 13.1. The van der Waals surface area contributed by atoms with Gasteiger partial charge in [0.25, 0.3) is 5.91 Å². The summed E-state index contributed by atoms with van der Waals surface area (Å²) in [6, 6.07) is 20.7. The van der Waals surface area contributed by atoms with Crippen LogP contribution < -0.4 is 10.1 Å². The van der Waals surface area contributed by atoms with Crippen LogP contribution in [0, 0.1) is 0 Å². The Hall–Kier alpha value is -4.06. The number of nitrogens with one attached hydrogen (secondary N) is 1. The number of hydrogen-bond acceptors (Lipinski definition) is 4. The number of benzene rings is 3. The number of carboxylic acid groups (broad SMARTS) is 1. The van der Waals surface area contributed by atoms with Crippen LogP contribution in [0.2, 0.25) is 0 Å². The van der Waals surface area contributed by atoms with Crippen LogP contribution in [0.3, 0.4) is 0 Å². The molecule has 0 saturated carbocycles. The van der Waals surface area contributed by atoms with E-state index in [1.54, 1.807) is 25.3 Å². The predicted molar refractivity (Wildman–Crippen MR) is 115 cm³/mol. The number of amides is 1. The maximum absolute atomic E-state index is 13.1. The fourth-order valence-corrected chi connectivity index (χ4v) is 2.92. The number of rotatable bonds is 7. The van der Waals surface area contributed by atoms with Crippen LogP contribution >= 0.6 is 0 Å². The lowest BCUT2D eigenvalue weighted by molar-refractivity contribution is -0.136. The lowest BCUT2D eigenvalue weighted by Gasteiger charge is -2.12. The Morgan fingerprint density at radius 3 is 2.33 bits per heavy atom. The highest BCUT2D eigenvalue weighted by Crippen LogP contribution is 2.27. The lowest BCUT2D eigenvalue weighted by Crippen LogP contribution is -2.14. The zero-order valence-electron chi connectivity index (χ0n) is 16.3. The van der Waals surface area contributed by atoms with E-state index in [1.165, 1.54) is 18.2 Å². The molecule has 1 amide bonds. The van der Waals surface area contributed by atoms with Crippen molar-refractivity contribution in [1.29, 1.82) is 0 Å². The molecule has 0 heterocycles. The van der Waals surface area contributed by atoms with E-state index in [1.807, 2.05) is 42.5 Å². The molecule has 152 valence electrons. The van der Waals surface area contributed by atoms with Crippen molar-refractivity contribution < 1.29 is 24.5 Å². The van der Waals surface area contributed by atoms with Crippen molar-refractivity contribution in [2.24, 2.45) is 0 Å². The van der Waals surface area contributed by atoms with Gasteiger partial charge in [0.2, 0.25) is 0 Å². The Labute approximate surface area is 174 Å². The van der Waals surface area contributed by atoms with Crippen molar-refractivity contribution >= 4 is 29.2 Å². The van der Waals surface area contributed by atoms with Gasteiger partial charge in [0.05, 0.1) is 19.2 Å². The van der Waals surface area contributed by atoms with Crippen LogP contribution in [-0.2, 0) is 16.0 Å². The number of ether oxygens (including phenoxy) is 1. The summed E-state index contributed by atoms with van der Waals surface area (Å²) in [4.78, 5) is 24.1. The van der Waals surface area contributed by atoms with Gasteiger partial charge in [-0.1, -0.05) is 48.5 Å². The number of carboxylic acids is 1. The predicted octanol–water partition coefficient (Wildman–Crippen LogP) is 4.21. The summed E-state index contributed by atoms with van der Waals surface area (Å²) >= 11 is 0. The normalized spacial score (nSPS) is 11.0. The highest BCUT2D eigenvalue weighted by Gasteiger charge is 2.15. The fraction of sp³-hybridized carbons (Fsp3) is 0.0833. The van der Waals surface area contributed by atoms with Gasteiger partial charge in [-0.2, -0.15) is 0 Å². The van der Waals surface area contributed by atoms with E-state index in [-0.39, 0.29) is 17.9 Å². The summed E-state index contributed by atoms with van der Waals surface area (Å²) in [5, 5.41) is 21.8. The van der Waals surface area contributed by atoms with Gasteiger partial charge in [-0.05, 0) is 47.0 Å². The number of aromatic hydroxyl groups is 1. The van der Waals surface area contributed by atoms with Gasteiger partial charge < -0.3 is 20.3 Å². The second-order valence-corrected chi connectivity index (χ2v) is 6.57. The largest absolute Gasteiger partial charge is 0.506 e. The first-order valence-corrected chi connectivity index (χ1v) is 9.22. The monoisotopic (exact) mass is 403 g/mol. The summed E-state index contributed by atoms with van der Waals surface area (Å²) in [5.41, 5.74) is 2.51. The maximum Gasteiger partial charge on any atom is 0.307 e. The zero-order valence-corrected chi connectivity index (χ0v) is 16.3. The molecular weight excluding hydrogens is 382 g/mol. The molecule has 0 bridgehead atoms. The van der Waals surface area contributed by atoms with Crippen molar-refractivity contribution in [2.75, 3.05) is 12.4 Å². The molecule has 0 fully saturated rings. The summed E-state index contributed by atoms with van der Waals surface area (Å²) in [7, 11) is 1.58. The van der Waals surface area contributed by atoms with Crippen molar-refractivity contribution in [3.63, 3.8) is 0 Å². The topological polar surface area (TPSA) is 95.9 Å². The highest BCUT2D eigenvalue weighted by molar-refractivity contribution is 6.29. The molecule has 3 aromatic carbocycles. The van der Waals surface area contributed by atoms with E-state index < -0.39 is 11.9 Å². The summed E-state index contributed by atoms with van der Waals surface area (Å²) in [6.45, 7) is 0. The zero-order chi connectivity index (χ0) is 21.5. The lowest BCUT2D eigenvalue weighted by atomic mass is 10.0. The highest BCUT2D eigenvalue weighted by atomic mass is 16.5. The second-order valence-electron chi connectivity index (χ2n) is 6.57. The first-order valence-electron chi connectivity index (χ1n) is 9.22. The third-order valence-electron chi connectivity index (χ3n) is 4.42. The molecule has 3 rings (SSSR count). The third-order valence-corrected chi connectivity index (χ3v) is 4.42. The van der Waals surface area contributed by atoms with Gasteiger partial charge in [0.1, 0.15) is 11.5 Å². The number of phenolic OH excluding ortho intramolecular Hbond substituents is 1. The minimum Gasteiger partial charge on any atom is -0.506 e. The number of carbonyl (C=O) groups excluding carboxylic acids is 1. The van der Waals surface area contributed by atoms with Gasteiger partial charge in [-0.15, -0.1) is 0 Å². The summed E-state index contributed by atoms with van der Waals surface area (Å²) < 4.78 is 5.17. The smallest absolute Gasteiger partial charge is 0.307 e. The van der Waals surface area contributed by atoms with Crippen LogP contribution in [-0.4, -0.2) is 29.2 Å². The van der Waals surface area contributed by atoms with Gasteiger partial charge >= 0.3 is 5.97 Å².